The van der Waals surface area contributed by atoms with Gasteiger partial charge < -0.3 is 0 Å². The predicted molar refractivity (Wildman–Crippen MR) is 80.7 cm³/mol. The highest BCUT2D eigenvalue weighted by molar-refractivity contribution is 6.37. The second-order valence-corrected chi connectivity index (χ2v) is 4.94. The van der Waals surface area contributed by atoms with Gasteiger partial charge >= 0.3 is 0 Å². The van der Waals surface area contributed by atoms with Gasteiger partial charge in [0, 0.05) is 23.5 Å². The van der Waals surface area contributed by atoms with E-state index in [9.17, 15) is 4.39 Å². The lowest BCUT2D eigenvalue weighted by Crippen LogP contribution is -1.96. The van der Waals surface area contributed by atoms with Crippen molar-refractivity contribution in [1.82, 2.24) is 15.0 Å². The molecular weight excluding hydrogens is 312 g/mol. The molecule has 2 aromatic heterocycles. The van der Waals surface area contributed by atoms with Crippen LogP contribution in [-0.4, -0.2) is 15.0 Å². The third-order valence-electron chi connectivity index (χ3n) is 2.90. The highest BCUT2D eigenvalue weighted by atomic mass is 35.5. The van der Waals surface area contributed by atoms with Crippen molar-refractivity contribution in [3.8, 4) is 22.5 Å². The number of nitrogens with zero attached hydrogens (tertiary/aromatic N) is 3. The van der Waals surface area contributed by atoms with Crippen molar-refractivity contribution in [2.75, 3.05) is 0 Å². The topological polar surface area (TPSA) is 38.7 Å². The minimum Gasteiger partial charge on any atom is -0.265 e. The molecule has 0 aliphatic rings. The van der Waals surface area contributed by atoms with Gasteiger partial charge in [-0.1, -0.05) is 41.4 Å². The molecule has 3 rings (SSSR count). The average molecular weight is 320 g/mol. The minimum absolute atomic E-state index is 0.104. The zero-order valence-electron chi connectivity index (χ0n) is 10.6. The molecule has 6 heteroatoms. The van der Waals surface area contributed by atoms with E-state index in [1.165, 1.54) is 6.07 Å². The van der Waals surface area contributed by atoms with Gasteiger partial charge in [-0.05, 0) is 18.2 Å². The average Bonchev–Trinajstić information content (AvgIpc) is 2.49. The van der Waals surface area contributed by atoms with Crippen molar-refractivity contribution in [2.45, 2.75) is 0 Å². The summed E-state index contributed by atoms with van der Waals surface area (Å²) in [4.78, 5) is 12.3. The maximum Gasteiger partial charge on any atom is 0.162 e. The van der Waals surface area contributed by atoms with E-state index in [1.807, 2.05) is 0 Å². The fourth-order valence-electron chi connectivity index (χ4n) is 1.92. The van der Waals surface area contributed by atoms with Crippen LogP contribution in [0.1, 0.15) is 0 Å². The Kier molecular flexibility index (Phi) is 3.82. The third kappa shape index (κ3) is 2.73. The normalized spacial score (nSPS) is 10.6. The lowest BCUT2D eigenvalue weighted by molar-refractivity contribution is 0.631. The van der Waals surface area contributed by atoms with Crippen LogP contribution in [0.5, 0.6) is 0 Å². The molecule has 104 valence electrons. The number of aromatic nitrogens is 3. The molecule has 0 fully saturated rings. The summed E-state index contributed by atoms with van der Waals surface area (Å²) in [6.45, 7) is 0. The monoisotopic (exact) mass is 319 g/mol. The van der Waals surface area contributed by atoms with E-state index >= 15 is 0 Å². The van der Waals surface area contributed by atoms with Crippen molar-refractivity contribution in [3.63, 3.8) is 0 Å². The molecule has 0 amide bonds. The van der Waals surface area contributed by atoms with Gasteiger partial charge in [0.2, 0.25) is 0 Å². The molecule has 0 unspecified atom stereocenters. The van der Waals surface area contributed by atoms with Gasteiger partial charge in [0.25, 0.3) is 0 Å². The number of benzene rings is 1. The lowest BCUT2D eigenvalue weighted by atomic mass is 10.1. The molecule has 21 heavy (non-hydrogen) atoms. The SMILES string of the molecule is Fc1ccccc1-c1c(Cl)nc(-c2ccncc2)nc1Cl. The van der Waals surface area contributed by atoms with E-state index in [0.29, 0.717) is 5.82 Å². The molecule has 0 aliphatic heterocycles. The summed E-state index contributed by atoms with van der Waals surface area (Å²) in [5, 5.41) is 0.207. The Hall–Kier alpha value is -2.04. The van der Waals surface area contributed by atoms with Crippen molar-refractivity contribution in [2.24, 2.45) is 0 Å². The van der Waals surface area contributed by atoms with Gasteiger partial charge in [0.05, 0.1) is 5.56 Å². The molecule has 0 saturated heterocycles. The predicted octanol–water partition coefficient (Wildman–Crippen LogP) is 4.65. The third-order valence-corrected chi connectivity index (χ3v) is 3.45. The first-order chi connectivity index (χ1) is 10.2. The van der Waals surface area contributed by atoms with Crippen LogP contribution in [0.25, 0.3) is 22.5 Å². The molecule has 0 N–H and O–H groups in total. The number of halogens is 3. The van der Waals surface area contributed by atoms with Crippen LogP contribution in [-0.2, 0) is 0 Å². The highest BCUT2D eigenvalue weighted by Gasteiger charge is 2.17. The molecule has 1 aromatic carbocycles. The van der Waals surface area contributed by atoms with Crippen molar-refractivity contribution in [3.05, 3.63) is 64.9 Å². The Morgan fingerprint density at radius 2 is 1.48 bits per heavy atom. The Morgan fingerprint density at radius 1 is 0.857 bits per heavy atom. The summed E-state index contributed by atoms with van der Waals surface area (Å²) in [5.74, 6) is -0.0611. The first-order valence-corrected chi connectivity index (χ1v) is 6.81. The van der Waals surface area contributed by atoms with Crippen LogP contribution in [0, 0.1) is 5.82 Å². The highest BCUT2D eigenvalue weighted by Crippen LogP contribution is 2.35. The molecule has 0 aliphatic carbocycles. The molecule has 0 saturated carbocycles. The lowest BCUT2D eigenvalue weighted by Gasteiger charge is -2.09. The van der Waals surface area contributed by atoms with Crippen LogP contribution < -0.4 is 0 Å². The van der Waals surface area contributed by atoms with E-state index in [-0.39, 0.29) is 21.4 Å². The van der Waals surface area contributed by atoms with E-state index < -0.39 is 5.82 Å². The van der Waals surface area contributed by atoms with E-state index in [0.717, 1.165) is 5.56 Å². The molecular formula is C15H8Cl2FN3. The molecule has 3 nitrogen and oxygen atoms in total. The zero-order chi connectivity index (χ0) is 14.8. The van der Waals surface area contributed by atoms with Crippen molar-refractivity contribution < 1.29 is 4.39 Å². The molecule has 0 radical (unpaired) electrons. The number of hydrogen-bond acceptors (Lipinski definition) is 3. The molecule has 0 spiro atoms. The second-order valence-electron chi connectivity index (χ2n) is 4.22. The maximum absolute atomic E-state index is 13.9. The van der Waals surface area contributed by atoms with E-state index in [1.54, 1.807) is 42.7 Å². The fraction of sp³-hybridized carbons (Fsp3) is 0. The van der Waals surface area contributed by atoms with Gasteiger partial charge in [-0.2, -0.15) is 0 Å². The summed E-state index contributed by atoms with van der Waals surface area (Å²) in [5.41, 5.74) is 1.29. The van der Waals surface area contributed by atoms with Crippen LogP contribution in [0.4, 0.5) is 4.39 Å². The first kappa shape index (κ1) is 13.9. The Labute approximate surface area is 130 Å². The summed E-state index contributed by atoms with van der Waals surface area (Å²) in [6.07, 6.45) is 3.23. The summed E-state index contributed by atoms with van der Waals surface area (Å²) in [6, 6.07) is 9.68. The summed E-state index contributed by atoms with van der Waals surface area (Å²) >= 11 is 12.3. The first-order valence-electron chi connectivity index (χ1n) is 6.05. The number of rotatable bonds is 2. The van der Waals surface area contributed by atoms with Gasteiger partial charge in [0.15, 0.2) is 5.82 Å². The standard InChI is InChI=1S/C15H8Cl2FN3/c16-13-12(10-3-1-2-4-11(10)18)14(17)21-15(20-13)9-5-7-19-8-6-9/h1-8H. The Balaban J connectivity index is 2.16. The van der Waals surface area contributed by atoms with E-state index in [2.05, 4.69) is 15.0 Å². The molecule has 3 aromatic rings. The quantitative estimate of drug-likeness (QED) is 0.645. The largest absolute Gasteiger partial charge is 0.265 e. The molecule has 2 heterocycles. The van der Waals surface area contributed by atoms with Gasteiger partial charge in [-0.25, -0.2) is 14.4 Å². The maximum atomic E-state index is 13.9. The zero-order valence-corrected chi connectivity index (χ0v) is 12.1. The smallest absolute Gasteiger partial charge is 0.162 e. The van der Waals surface area contributed by atoms with E-state index in [4.69, 9.17) is 23.2 Å². The fourth-order valence-corrected chi connectivity index (χ4v) is 2.52. The van der Waals surface area contributed by atoms with Crippen molar-refractivity contribution in [1.29, 1.82) is 0 Å². The van der Waals surface area contributed by atoms with Crippen LogP contribution in [0.15, 0.2) is 48.8 Å². The minimum atomic E-state index is -0.429. The Morgan fingerprint density at radius 3 is 2.10 bits per heavy atom. The van der Waals surface area contributed by atoms with Gasteiger partial charge in [-0.3, -0.25) is 4.98 Å². The number of hydrogen-bond donors (Lipinski definition) is 0. The summed E-state index contributed by atoms with van der Waals surface area (Å²) < 4.78 is 13.9. The van der Waals surface area contributed by atoms with Crippen molar-refractivity contribution >= 4 is 23.2 Å². The molecule has 0 atom stereocenters. The van der Waals surface area contributed by atoms with Crippen LogP contribution in [0.3, 0.4) is 0 Å². The second kappa shape index (κ2) is 5.76. The molecule has 0 bridgehead atoms. The van der Waals surface area contributed by atoms with Crippen LogP contribution in [0.2, 0.25) is 10.3 Å². The number of pyridine rings is 1. The van der Waals surface area contributed by atoms with Gasteiger partial charge in [-0.15, -0.1) is 0 Å². The van der Waals surface area contributed by atoms with Crippen LogP contribution >= 0.6 is 23.2 Å². The summed E-state index contributed by atoms with van der Waals surface area (Å²) in [7, 11) is 0. The Bertz CT molecular complexity index is 771. The van der Waals surface area contributed by atoms with Gasteiger partial charge in [0.1, 0.15) is 16.1 Å².